The van der Waals surface area contributed by atoms with E-state index in [1.807, 2.05) is 6.92 Å². The van der Waals surface area contributed by atoms with E-state index in [2.05, 4.69) is 11.9 Å². The lowest BCUT2D eigenvalue weighted by molar-refractivity contribution is 0.0951. The average Bonchev–Trinajstić information content (AvgIpc) is 2.58. The molecule has 6 nitrogen and oxygen atoms in total. The molecule has 1 amide bonds. The van der Waals surface area contributed by atoms with Crippen molar-refractivity contribution in [3.63, 3.8) is 0 Å². The quantitative estimate of drug-likeness (QED) is 0.740. The van der Waals surface area contributed by atoms with E-state index in [4.69, 9.17) is 9.88 Å². The molecule has 2 rings (SSSR count). The molecule has 0 aliphatic carbocycles. The molecule has 0 aromatic heterocycles. The lowest BCUT2D eigenvalue weighted by atomic mass is 10.2. The molecule has 2 aromatic carbocycles. The highest BCUT2D eigenvalue weighted by Gasteiger charge is 2.08. The number of hydrogen-bond donors (Lipinski definition) is 2. The number of nitrogens with one attached hydrogen (secondary N) is 1. The van der Waals surface area contributed by atoms with E-state index in [0.717, 1.165) is 11.1 Å². The van der Waals surface area contributed by atoms with Gasteiger partial charge in [0.05, 0.1) is 4.90 Å². The summed E-state index contributed by atoms with van der Waals surface area (Å²) in [5.41, 5.74) is 2.18. The number of sulfonamides is 1. The molecule has 25 heavy (non-hydrogen) atoms. The molecule has 0 unspecified atom stereocenters. The van der Waals surface area contributed by atoms with Gasteiger partial charge in [0.2, 0.25) is 10.0 Å². The van der Waals surface area contributed by atoms with Crippen LogP contribution in [0.2, 0.25) is 0 Å². The summed E-state index contributed by atoms with van der Waals surface area (Å²) in [6.07, 6.45) is 0. The van der Waals surface area contributed by atoms with Crippen LogP contribution in [-0.2, 0) is 16.6 Å². The van der Waals surface area contributed by atoms with Gasteiger partial charge >= 0.3 is 0 Å². The third-order valence-corrected chi connectivity index (χ3v) is 4.24. The van der Waals surface area contributed by atoms with E-state index in [1.54, 1.807) is 36.4 Å². The van der Waals surface area contributed by atoms with E-state index in [-0.39, 0.29) is 17.3 Å². The molecule has 0 spiro atoms. The Morgan fingerprint density at radius 3 is 2.24 bits per heavy atom. The molecule has 132 valence electrons. The molecule has 3 N–H and O–H groups in total. The van der Waals surface area contributed by atoms with Crippen molar-refractivity contribution >= 4 is 15.9 Å². The van der Waals surface area contributed by atoms with Crippen LogP contribution < -0.4 is 15.2 Å². The van der Waals surface area contributed by atoms with Gasteiger partial charge in [0.1, 0.15) is 12.4 Å². The zero-order valence-corrected chi connectivity index (χ0v) is 14.7. The summed E-state index contributed by atoms with van der Waals surface area (Å²) < 4.78 is 27.9. The van der Waals surface area contributed by atoms with Gasteiger partial charge in [-0.1, -0.05) is 18.7 Å². The third-order valence-electron chi connectivity index (χ3n) is 3.31. The Morgan fingerprint density at radius 2 is 1.72 bits per heavy atom. The van der Waals surface area contributed by atoms with E-state index in [9.17, 15) is 13.2 Å². The van der Waals surface area contributed by atoms with Crippen LogP contribution in [0.4, 0.5) is 0 Å². The second kappa shape index (κ2) is 7.96. The lowest BCUT2D eigenvalue weighted by Gasteiger charge is -2.08. The Hall–Kier alpha value is -2.64. The highest BCUT2D eigenvalue weighted by Crippen LogP contribution is 2.13. The monoisotopic (exact) mass is 360 g/mol. The topological polar surface area (TPSA) is 98.5 Å². The van der Waals surface area contributed by atoms with Crippen LogP contribution in [0.5, 0.6) is 5.75 Å². The van der Waals surface area contributed by atoms with Crippen LogP contribution >= 0.6 is 0 Å². The van der Waals surface area contributed by atoms with Gasteiger partial charge in [-0.25, -0.2) is 13.6 Å². The van der Waals surface area contributed by atoms with E-state index in [0.29, 0.717) is 17.9 Å². The molecule has 2 aromatic rings. The molecule has 0 radical (unpaired) electrons. The number of amides is 1. The number of carbonyl (C=O) groups is 1. The highest BCUT2D eigenvalue weighted by atomic mass is 32.2. The van der Waals surface area contributed by atoms with E-state index < -0.39 is 10.0 Å². The lowest BCUT2D eigenvalue weighted by Crippen LogP contribution is -2.22. The average molecular weight is 360 g/mol. The first-order valence-electron chi connectivity index (χ1n) is 7.53. The number of rotatable bonds is 7. The molecule has 0 fully saturated rings. The fourth-order valence-corrected chi connectivity index (χ4v) is 2.51. The van der Waals surface area contributed by atoms with Gasteiger partial charge in [0.25, 0.3) is 5.91 Å². The SMILES string of the molecule is C=C(C)COc1ccc(C(=O)NCc2ccc(S(N)(=O)=O)cc2)cc1. The molecule has 0 aliphatic heterocycles. The Bertz CT molecular complexity index is 857. The first-order valence-corrected chi connectivity index (χ1v) is 9.07. The maximum atomic E-state index is 12.1. The van der Waals surface area contributed by atoms with Crippen LogP contribution in [0.25, 0.3) is 0 Å². The summed E-state index contributed by atoms with van der Waals surface area (Å²) in [7, 11) is -3.71. The molecule has 0 heterocycles. The third kappa shape index (κ3) is 5.74. The molecule has 0 saturated heterocycles. The Morgan fingerprint density at radius 1 is 1.12 bits per heavy atom. The predicted octanol–water partition coefficient (Wildman–Crippen LogP) is 2.22. The normalized spacial score (nSPS) is 11.0. The Labute approximate surface area is 147 Å². The largest absolute Gasteiger partial charge is 0.489 e. The van der Waals surface area contributed by atoms with Crippen LogP contribution in [0.15, 0.2) is 65.6 Å². The Balaban J connectivity index is 1.92. The molecule has 0 saturated carbocycles. The number of nitrogens with two attached hydrogens (primary N) is 1. The van der Waals surface area contributed by atoms with E-state index in [1.165, 1.54) is 12.1 Å². The first kappa shape index (κ1) is 18.7. The minimum atomic E-state index is -3.71. The molecule has 0 bridgehead atoms. The van der Waals surface area contributed by atoms with Gasteiger partial charge in [-0.3, -0.25) is 4.79 Å². The zero-order chi connectivity index (χ0) is 18.4. The summed E-state index contributed by atoms with van der Waals surface area (Å²) in [4.78, 5) is 12.2. The van der Waals surface area contributed by atoms with Gasteiger partial charge in [-0.2, -0.15) is 0 Å². The van der Waals surface area contributed by atoms with Crippen LogP contribution in [0.1, 0.15) is 22.8 Å². The van der Waals surface area contributed by atoms with Crippen LogP contribution in [-0.4, -0.2) is 20.9 Å². The maximum absolute atomic E-state index is 12.1. The second-order valence-corrected chi connectivity index (χ2v) is 7.20. The van der Waals surface area contributed by atoms with Gasteiger partial charge in [0.15, 0.2) is 0 Å². The smallest absolute Gasteiger partial charge is 0.251 e. The summed E-state index contributed by atoms with van der Waals surface area (Å²) in [5, 5.41) is 7.81. The van der Waals surface area contributed by atoms with Crippen LogP contribution in [0.3, 0.4) is 0 Å². The van der Waals surface area contributed by atoms with Crippen molar-refractivity contribution in [1.29, 1.82) is 0 Å². The fraction of sp³-hybridized carbons (Fsp3) is 0.167. The van der Waals surface area contributed by atoms with E-state index >= 15 is 0 Å². The van der Waals surface area contributed by atoms with Crippen molar-refractivity contribution in [1.82, 2.24) is 5.32 Å². The maximum Gasteiger partial charge on any atom is 0.251 e. The number of hydrogen-bond acceptors (Lipinski definition) is 4. The van der Waals surface area contributed by atoms with Gasteiger partial charge in [0, 0.05) is 12.1 Å². The summed E-state index contributed by atoms with van der Waals surface area (Å²) >= 11 is 0. The van der Waals surface area contributed by atoms with Crippen molar-refractivity contribution in [3.8, 4) is 5.75 Å². The number of primary sulfonamides is 1. The van der Waals surface area contributed by atoms with Gasteiger partial charge in [-0.15, -0.1) is 0 Å². The number of ether oxygens (including phenoxy) is 1. The predicted molar refractivity (Wildman–Crippen MR) is 95.7 cm³/mol. The van der Waals surface area contributed by atoms with Crippen molar-refractivity contribution in [3.05, 3.63) is 71.8 Å². The van der Waals surface area contributed by atoms with Crippen LogP contribution in [0, 0.1) is 0 Å². The standard InChI is InChI=1S/C18H20N2O4S/c1-13(2)12-24-16-7-5-15(6-8-16)18(21)20-11-14-3-9-17(10-4-14)25(19,22)23/h3-10H,1,11-12H2,2H3,(H,20,21)(H2,19,22,23). The minimum Gasteiger partial charge on any atom is -0.489 e. The first-order chi connectivity index (χ1) is 11.8. The van der Waals surface area contributed by atoms with Crippen molar-refractivity contribution in [2.45, 2.75) is 18.4 Å². The minimum absolute atomic E-state index is 0.0351. The molecular weight excluding hydrogens is 340 g/mol. The molecule has 0 aliphatic rings. The Kier molecular flexibility index (Phi) is 5.95. The summed E-state index contributed by atoms with van der Waals surface area (Å²) in [6.45, 7) is 6.34. The molecular formula is C18H20N2O4S. The zero-order valence-electron chi connectivity index (χ0n) is 13.9. The van der Waals surface area contributed by atoms with Gasteiger partial charge in [-0.05, 0) is 54.5 Å². The summed E-state index contributed by atoms with van der Waals surface area (Å²) in [5.74, 6) is 0.431. The molecule has 0 atom stereocenters. The van der Waals surface area contributed by atoms with Crippen molar-refractivity contribution in [2.24, 2.45) is 5.14 Å². The van der Waals surface area contributed by atoms with Crippen molar-refractivity contribution in [2.75, 3.05) is 6.61 Å². The highest BCUT2D eigenvalue weighted by molar-refractivity contribution is 7.89. The summed E-state index contributed by atoms with van der Waals surface area (Å²) in [6, 6.07) is 12.8. The number of carbonyl (C=O) groups excluding carboxylic acids is 1. The number of benzene rings is 2. The van der Waals surface area contributed by atoms with Gasteiger partial charge < -0.3 is 10.1 Å². The second-order valence-electron chi connectivity index (χ2n) is 5.64. The fourth-order valence-electron chi connectivity index (χ4n) is 1.99. The van der Waals surface area contributed by atoms with Crippen molar-refractivity contribution < 1.29 is 17.9 Å². The molecule has 7 heteroatoms.